The first-order valence-electron chi connectivity index (χ1n) is 4.91. The van der Waals surface area contributed by atoms with Gasteiger partial charge in [-0.2, -0.15) is 5.53 Å². The van der Waals surface area contributed by atoms with E-state index in [-0.39, 0.29) is 0 Å². The van der Waals surface area contributed by atoms with Crippen molar-refractivity contribution in [2.24, 2.45) is 27.9 Å². The van der Waals surface area contributed by atoms with E-state index < -0.39 is 0 Å². The van der Waals surface area contributed by atoms with Crippen LogP contribution < -0.4 is 5.73 Å². The Labute approximate surface area is 79.1 Å². The highest BCUT2D eigenvalue weighted by Crippen LogP contribution is 2.30. The van der Waals surface area contributed by atoms with E-state index in [1.54, 1.807) is 0 Å². The highest BCUT2D eigenvalue weighted by atomic mass is 15.3. The van der Waals surface area contributed by atoms with Gasteiger partial charge in [0.2, 0.25) is 0 Å². The van der Waals surface area contributed by atoms with Crippen molar-refractivity contribution in [1.29, 1.82) is 5.53 Å². The van der Waals surface area contributed by atoms with Crippen molar-refractivity contribution in [3.05, 3.63) is 0 Å². The number of hydrogen-bond donors (Lipinski definition) is 2. The molecular weight excluding hydrogens is 164 g/mol. The molecule has 0 spiro atoms. The molecule has 0 bridgehead atoms. The predicted molar refractivity (Wildman–Crippen MR) is 52.5 cm³/mol. The van der Waals surface area contributed by atoms with Crippen molar-refractivity contribution in [2.75, 3.05) is 0 Å². The number of nitrogens with zero attached hydrogens (tertiary/aromatic N) is 2. The molecule has 0 aromatic carbocycles. The molecule has 0 atom stereocenters. The fourth-order valence-corrected chi connectivity index (χ4v) is 1.93. The second-order valence-electron chi connectivity index (χ2n) is 4.02. The summed E-state index contributed by atoms with van der Waals surface area (Å²) < 4.78 is 0. The number of nitrogens with two attached hydrogens (primary N) is 1. The molecule has 0 heterocycles. The highest BCUT2D eigenvalue weighted by Gasteiger charge is 2.18. The van der Waals surface area contributed by atoms with Gasteiger partial charge in [0.05, 0.1) is 0 Å². The molecule has 0 aliphatic heterocycles. The third-order valence-electron chi connectivity index (χ3n) is 2.81. The number of hydrogen-bond acceptors (Lipinski definition) is 2. The van der Waals surface area contributed by atoms with Crippen molar-refractivity contribution in [3.8, 4) is 0 Å². The second kappa shape index (κ2) is 4.94. The van der Waals surface area contributed by atoms with Crippen molar-refractivity contribution in [3.63, 3.8) is 0 Å². The Bertz CT molecular complexity index is 192. The monoisotopic (exact) mass is 182 g/mol. The van der Waals surface area contributed by atoms with Crippen LogP contribution in [0.2, 0.25) is 0 Å². The van der Waals surface area contributed by atoms with Gasteiger partial charge < -0.3 is 5.73 Å². The summed E-state index contributed by atoms with van der Waals surface area (Å²) in [7, 11) is 0. The van der Waals surface area contributed by atoms with Gasteiger partial charge in [0.1, 0.15) is 5.84 Å². The van der Waals surface area contributed by atoms with E-state index in [1.165, 1.54) is 25.7 Å². The average molecular weight is 182 g/mol. The maximum Gasteiger partial charge on any atom is 0.124 e. The van der Waals surface area contributed by atoms with Crippen LogP contribution in [0.15, 0.2) is 10.3 Å². The number of nitrogens with one attached hydrogen (secondary N) is 1. The summed E-state index contributed by atoms with van der Waals surface area (Å²) >= 11 is 0. The van der Waals surface area contributed by atoms with E-state index in [1.807, 2.05) is 0 Å². The Hall–Kier alpha value is -0.930. The minimum Gasteiger partial charge on any atom is -0.386 e. The molecular formula is C9H18N4. The molecule has 1 aliphatic rings. The Kier molecular flexibility index (Phi) is 3.86. The maximum atomic E-state index is 6.54. The van der Waals surface area contributed by atoms with Crippen LogP contribution in [-0.2, 0) is 0 Å². The summed E-state index contributed by atoms with van der Waals surface area (Å²) in [5, 5.41) is 6.45. The molecule has 13 heavy (non-hydrogen) atoms. The lowest BCUT2D eigenvalue weighted by Gasteiger charge is -2.25. The first-order chi connectivity index (χ1) is 6.22. The van der Waals surface area contributed by atoms with Gasteiger partial charge in [0.25, 0.3) is 0 Å². The fraction of sp³-hybridized carbons (Fsp3) is 0.889. The largest absolute Gasteiger partial charge is 0.386 e. The Morgan fingerprint density at radius 3 is 2.54 bits per heavy atom. The van der Waals surface area contributed by atoms with Gasteiger partial charge in [0, 0.05) is 6.42 Å². The van der Waals surface area contributed by atoms with E-state index >= 15 is 0 Å². The van der Waals surface area contributed by atoms with Crippen LogP contribution in [0, 0.1) is 17.4 Å². The third kappa shape index (κ3) is 3.53. The lowest BCUT2D eigenvalue weighted by molar-refractivity contribution is 0.296. The summed E-state index contributed by atoms with van der Waals surface area (Å²) in [5.74, 6) is 2.05. The van der Waals surface area contributed by atoms with Gasteiger partial charge in [-0.1, -0.05) is 25.0 Å². The Balaban J connectivity index is 2.30. The molecule has 74 valence electrons. The predicted octanol–water partition coefficient (Wildman–Crippen LogP) is 2.51. The smallest absolute Gasteiger partial charge is 0.124 e. The zero-order valence-electron chi connectivity index (χ0n) is 8.16. The normalized spacial score (nSPS) is 30.1. The molecule has 1 fully saturated rings. The van der Waals surface area contributed by atoms with Gasteiger partial charge in [-0.3, -0.25) is 0 Å². The lowest BCUT2D eigenvalue weighted by atomic mass is 9.81. The Morgan fingerprint density at radius 1 is 1.38 bits per heavy atom. The van der Waals surface area contributed by atoms with E-state index in [0.717, 1.165) is 12.3 Å². The molecule has 1 aliphatic carbocycles. The molecule has 0 unspecified atom stereocenters. The third-order valence-corrected chi connectivity index (χ3v) is 2.81. The number of amidine groups is 1. The van der Waals surface area contributed by atoms with E-state index in [9.17, 15) is 0 Å². The molecule has 4 heteroatoms. The number of rotatable bonds is 3. The van der Waals surface area contributed by atoms with Gasteiger partial charge in [-0.15, -0.1) is 5.10 Å². The molecule has 3 N–H and O–H groups in total. The summed E-state index contributed by atoms with van der Waals surface area (Å²) in [6, 6.07) is 0. The van der Waals surface area contributed by atoms with Crippen molar-refractivity contribution < 1.29 is 0 Å². The molecule has 4 nitrogen and oxygen atoms in total. The van der Waals surface area contributed by atoms with Crippen molar-refractivity contribution in [2.45, 2.75) is 39.0 Å². The maximum absolute atomic E-state index is 6.54. The zero-order valence-corrected chi connectivity index (χ0v) is 8.16. The quantitative estimate of drug-likeness (QED) is 0.299. The molecule has 1 saturated carbocycles. The van der Waals surface area contributed by atoms with Crippen LogP contribution in [0.1, 0.15) is 39.0 Å². The van der Waals surface area contributed by atoms with Crippen LogP contribution >= 0.6 is 0 Å². The molecule has 0 aromatic rings. The van der Waals surface area contributed by atoms with Crippen molar-refractivity contribution in [1.82, 2.24) is 0 Å². The van der Waals surface area contributed by atoms with E-state index in [2.05, 4.69) is 17.2 Å². The van der Waals surface area contributed by atoms with Gasteiger partial charge in [0.15, 0.2) is 0 Å². The molecule has 1 rings (SSSR count). The molecule has 0 aromatic heterocycles. The lowest BCUT2D eigenvalue weighted by Crippen LogP contribution is -2.20. The minimum absolute atomic E-state index is 0.509. The van der Waals surface area contributed by atoms with Crippen LogP contribution in [0.3, 0.4) is 0 Å². The van der Waals surface area contributed by atoms with Gasteiger partial charge >= 0.3 is 0 Å². The molecule has 0 radical (unpaired) electrons. The minimum atomic E-state index is 0.509. The SMILES string of the molecule is CC1CCC(CC(N)=NN=N)CC1. The Morgan fingerprint density at radius 2 is 2.00 bits per heavy atom. The van der Waals surface area contributed by atoms with Gasteiger partial charge in [-0.05, 0) is 24.7 Å². The van der Waals surface area contributed by atoms with Crippen LogP contribution in [0.5, 0.6) is 0 Å². The van der Waals surface area contributed by atoms with Gasteiger partial charge in [-0.25, -0.2) is 0 Å². The van der Waals surface area contributed by atoms with Crippen LogP contribution in [-0.4, -0.2) is 5.84 Å². The van der Waals surface area contributed by atoms with E-state index in [0.29, 0.717) is 11.8 Å². The summed E-state index contributed by atoms with van der Waals surface area (Å²) in [6.07, 6.45) is 5.91. The fourth-order valence-electron chi connectivity index (χ4n) is 1.93. The first-order valence-corrected chi connectivity index (χ1v) is 4.91. The molecule has 0 saturated heterocycles. The van der Waals surface area contributed by atoms with Crippen molar-refractivity contribution >= 4 is 5.84 Å². The first kappa shape index (κ1) is 10.2. The average Bonchev–Trinajstić information content (AvgIpc) is 2.09. The summed E-state index contributed by atoms with van der Waals surface area (Å²) in [4.78, 5) is 0. The second-order valence-corrected chi connectivity index (χ2v) is 4.02. The highest BCUT2D eigenvalue weighted by molar-refractivity contribution is 5.80. The van der Waals surface area contributed by atoms with Crippen LogP contribution in [0.4, 0.5) is 0 Å². The molecule has 0 amide bonds. The summed E-state index contributed by atoms with van der Waals surface area (Å²) in [5.41, 5.74) is 12.1. The topological polar surface area (TPSA) is 74.6 Å². The standard InChI is InChI=1S/C9H18N4/c1-7-2-4-8(5-3-7)6-9(10)12-13-11/h7-8H,2-6H2,1H3,(H3,10,11,12). The van der Waals surface area contributed by atoms with Crippen LogP contribution in [0.25, 0.3) is 0 Å². The summed E-state index contributed by atoms with van der Waals surface area (Å²) in [6.45, 7) is 2.30. The van der Waals surface area contributed by atoms with E-state index in [4.69, 9.17) is 11.3 Å². The zero-order chi connectivity index (χ0) is 9.68.